The third-order valence-electron chi connectivity index (χ3n) is 6.60. The zero-order valence-electron chi connectivity index (χ0n) is 20.9. The zero-order valence-corrected chi connectivity index (χ0v) is 23.4. The monoisotopic (exact) mass is 550 g/mol. The summed E-state index contributed by atoms with van der Waals surface area (Å²) in [5.41, 5.74) is 1.32. The van der Waals surface area contributed by atoms with Crippen molar-refractivity contribution in [3.05, 3.63) is 54.1 Å². The summed E-state index contributed by atoms with van der Waals surface area (Å²) >= 11 is 1.50. The largest absolute Gasteiger partial charge is 0.302 e. The van der Waals surface area contributed by atoms with Gasteiger partial charge in [-0.05, 0) is 62.3 Å². The maximum absolute atomic E-state index is 13.6. The molecule has 0 atom stereocenters. The predicted molar refractivity (Wildman–Crippen MR) is 150 cm³/mol. The Balaban J connectivity index is 0.00000361. The minimum absolute atomic E-state index is 0. The van der Waals surface area contributed by atoms with Crippen LogP contribution in [0.25, 0.3) is 10.2 Å². The van der Waals surface area contributed by atoms with E-state index in [9.17, 15) is 13.2 Å². The highest BCUT2D eigenvalue weighted by atomic mass is 35.5. The molecular formula is C26H35ClN4O3S2. The van der Waals surface area contributed by atoms with Crippen LogP contribution in [0, 0.1) is 0 Å². The molecular weight excluding hydrogens is 516 g/mol. The number of benzene rings is 2. The van der Waals surface area contributed by atoms with E-state index in [4.69, 9.17) is 4.98 Å². The van der Waals surface area contributed by atoms with Gasteiger partial charge in [-0.25, -0.2) is 13.4 Å². The molecule has 0 spiro atoms. The number of fused-ring (bicyclic) bond motifs is 1. The van der Waals surface area contributed by atoms with Crippen molar-refractivity contribution in [3.63, 3.8) is 0 Å². The fourth-order valence-electron chi connectivity index (χ4n) is 4.40. The van der Waals surface area contributed by atoms with Crippen molar-refractivity contribution in [2.45, 2.75) is 44.4 Å². The Kier molecular flexibility index (Phi) is 10.3. The highest BCUT2D eigenvalue weighted by Crippen LogP contribution is 2.30. The minimum atomic E-state index is -3.55. The molecule has 196 valence electrons. The van der Waals surface area contributed by atoms with E-state index in [1.54, 1.807) is 33.5 Å². The number of carbonyl (C=O) groups excluding carboxylic acids is 1. The average Bonchev–Trinajstić information content (AvgIpc) is 3.10. The fourth-order valence-corrected chi connectivity index (χ4v) is 6.90. The van der Waals surface area contributed by atoms with Gasteiger partial charge in [-0.3, -0.25) is 9.69 Å². The van der Waals surface area contributed by atoms with Gasteiger partial charge in [0.2, 0.25) is 10.0 Å². The summed E-state index contributed by atoms with van der Waals surface area (Å²) in [6.07, 6.45) is 3.90. The van der Waals surface area contributed by atoms with E-state index < -0.39 is 10.0 Å². The van der Waals surface area contributed by atoms with Gasteiger partial charge in [-0.1, -0.05) is 50.2 Å². The van der Waals surface area contributed by atoms with Crippen LogP contribution in [0.1, 0.15) is 49.9 Å². The second-order valence-electron chi connectivity index (χ2n) is 8.79. The maximum Gasteiger partial charge on any atom is 0.260 e. The summed E-state index contributed by atoms with van der Waals surface area (Å²) in [5, 5.41) is 0.657. The van der Waals surface area contributed by atoms with E-state index in [0.29, 0.717) is 30.3 Å². The first-order valence-electron chi connectivity index (χ1n) is 12.4. The van der Waals surface area contributed by atoms with Gasteiger partial charge in [0.1, 0.15) is 0 Å². The number of carbonyl (C=O) groups is 1. The van der Waals surface area contributed by atoms with Crippen molar-refractivity contribution in [1.82, 2.24) is 14.2 Å². The van der Waals surface area contributed by atoms with Crippen molar-refractivity contribution in [2.75, 3.05) is 44.2 Å². The molecule has 1 aromatic heterocycles. The Bertz CT molecular complexity index is 1200. The summed E-state index contributed by atoms with van der Waals surface area (Å²) in [6.45, 7) is 8.38. The molecule has 0 bridgehead atoms. The third-order valence-corrected chi connectivity index (χ3v) is 9.57. The Morgan fingerprint density at radius 3 is 2.19 bits per heavy atom. The van der Waals surface area contributed by atoms with Gasteiger partial charge in [-0.2, -0.15) is 4.31 Å². The van der Waals surface area contributed by atoms with Crippen LogP contribution in [0.15, 0.2) is 53.4 Å². The number of rotatable bonds is 9. The van der Waals surface area contributed by atoms with Crippen LogP contribution in [0.2, 0.25) is 0 Å². The Labute approximate surface area is 224 Å². The van der Waals surface area contributed by atoms with Crippen LogP contribution < -0.4 is 4.90 Å². The first kappa shape index (κ1) is 28.5. The van der Waals surface area contributed by atoms with E-state index in [1.807, 2.05) is 24.3 Å². The van der Waals surface area contributed by atoms with Crippen molar-refractivity contribution in [1.29, 1.82) is 0 Å². The lowest BCUT2D eigenvalue weighted by Crippen LogP contribution is -2.39. The van der Waals surface area contributed by atoms with Crippen LogP contribution in [-0.2, 0) is 10.0 Å². The van der Waals surface area contributed by atoms with E-state index in [-0.39, 0.29) is 23.2 Å². The highest BCUT2D eigenvalue weighted by molar-refractivity contribution is 7.89. The standard InChI is InChI=1S/C26H34N4O3S2.ClH/c1-3-28(4-2)19-20-30(26-27-23-11-7-8-12-24(23)34-26)25(31)21-13-15-22(16-14-21)35(32,33)29-17-9-5-6-10-18-29;/h7-8,11-16H,3-6,9-10,17-20H2,1-2H3;1H. The number of hydrogen-bond acceptors (Lipinski definition) is 6. The molecule has 0 aliphatic carbocycles. The first-order chi connectivity index (χ1) is 16.9. The van der Waals surface area contributed by atoms with Gasteiger partial charge in [0.05, 0.1) is 15.1 Å². The summed E-state index contributed by atoms with van der Waals surface area (Å²) in [7, 11) is -3.55. The Morgan fingerprint density at radius 2 is 1.58 bits per heavy atom. The summed E-state index contributed by atoms with van der Waals surface area (Å²) < 4.78 is 28.9. The number of thiazole rings is 1. The lowest BCUT2D eigenvalue weighted by atomic mass is 10.2. The second-order valence-corrected chi connectivity index (χ2v) is 11.7. The molecule has 1 aliphatic rings. The summed E-state index contributed by atoms with van der Waals surface area (Å²) in [5.74, 6) is -0.171. The molecule has 36 heavy (non-hydrogen) atoms. The average molecular weight is 551 g/mol. The van der Waals surface area contributed by atoms with Crippen LogP contribution in [-0.4, -0.2) is 67.8 Å². The number of aromatic nitrogens is 1. The van der Waals surface area contributed by atoms with Gasteiger partial charge in [0.15, 0.2) is 5.13 Å². The van der Waals surface area contributed by atoms with Crippen molar-refractivity contribution < 1.29 is 13.2 Å². The molecule has 10 heteroatoms. The SMILES string of the molecule is CCN(CC)CCN(C(=O)c1ccc(S(=O)(=O)N2CCCCCC2)cc1)c1nc2ccccc2s1.Cl. The molecule has 0 saturated carbocycles. The molecule has 0 N–H and O–H groups in total. The van der Waals surface area contributed by atoms with Gasteiger partial charge in [0.25, 0.3) is 5.91 Å². The molecule has 2 heterocycles. The van der Waals surface area contributed by atoms with E-state index >= 15 is 0 Å². The number of hydrogen-bond donors (Lipinski definition) is 0. The van der Waals surface area contributed by atoms with Gasteiger partial charge in [-0.15, -0.1) is 12.4 Å². The number of nitrogens with zero attached hydrogens (tertiary/aromatic N) is 4. The van der Waals surface area contributed by atoms with Crippen LogP contribution in [0.3, 0.4) is 0 Å². The number of likely N-dealkylation sites (N-methyl/N-ethyl adjacent to an activating group) is 1. The number of para-hydroxylation sites is 1. The molecule has 1 amide bonds. The third kappa shape index (κ3) is 6.44. The van der Waals surface area contributed by atoms with Gasteiger partial charge >= 0.3 is 0 Å². The predicted octanol–water partition coefficient (Wildman–Crippen LogP) is 5.27. The highest BCUT2D eigenvalue weighted by Gasteiger charge is 2.26. The number of anilines is 1. The summed E-state index contributed by atoms with van der Waals surface area (Å²) in [6, 6.07) is 14.3. The van der Waals surface area contributed by atoms with E-state index in [0.717, 1.165) is 55.5 Å². The summed E-state index contributed by atoms with van der Waals surface area (Å²) in [4.78, 5) is 22.6. The molecule has 0 unspecified atom stereocenters. The molecule has 7 nitrogen and oxygen atoms in total. The zero-order chi connectivity index (χ0) is 24.8. The van der Waals surface area contributed by atoms with Crippen LogP contribution in [0.5, 0.6) is 0 Å². The van der Waals surface area contributed by atoms with E-state index in [2.05, 4.69) is 18.7 Å². The van der Waals surface area contributed by atoms with Crippen LogP contribution in [0.4, 0.5) is 5.13 Å². The number of sulfonamides is 1. The first-order valence-corrected chi connectivity index (χ1v) is 14.7. The van der Waals surface area contributed by atoms with Gasteiger partial charge in [0, 0.05) is 31.7 Å². The number of amides is 1. The topological polar surface area (TPSA) is 73.8 Å². The lowest BCUT2D eigenvalue weighted by molar-refractivity contribution is 0.0983. The quantitative estimate of drug-likeness (QED) is 0.363. The maximum atomic E-state index is 13.6. The number of halogens is 1. The minimum Gasteiger partial charge on any atom is -0.302 e. The Morgan fingerprint density at radius 1 is 0.944 bits per heavy atom. The van der Waals surface area contributed by atoms with E-state index in [1.165, 1.54) is 11.3 Å². The Hall–Kier alpha value is -2.04. The van der Waals surface area contributed by atoms with Crippen molar-refractivity contribution >= 4 is 55.0 Å². The van der Waals surface area contributed by atoms with Crippen molar-refractivity contribution in [3.8, 4) is 0 Å². The molecule has 0 radical (unpaired) electrons. The second kappa shape index (κ2) is 13.0. The molecule has 4 rings (SSSR count). The molecule has 1 saturated heterocycles. The molecule has 1 aliphatic heterocycles. The molecule has 1 fully saturated rings. The lowest BCUT2D eigenvalue weighted by Gasteiger charge is -2.25. The molecule has 3 aromatic rings. The van der Waals surface area contributed by atoms with Crippen LogP contribution >= 0.6 is 23.7 Å². The van der Waals surface area contributed by atoms with Gasteiger partial charge < -0.3 is 4.90 Å². The molecule has 2 aromatic carbocycles. The fraction of sp³-hybridized carbons (Fsp3) is 0.462. The normalized spacial score (nSPS) is 15.0. The van der Waals surface area contributed by atoms with Crippen molar-refractivity contribution in [2.24, 2.45) is 0 Å². The smallest absolute Gasteiger partial charge is 0.260 e.